The lowest BCUT2D eigenvalue weighted by atomic mass is 10.1. The summed E-state index contributed by atoms with van der Waals surface area (Å²) in [5.74, 6) is 0.0767. The lowest BCUT2D eigenvalue weighted by Crippen LogP contribution is -2.17. The number of anilines is 1. The topological polar surface area (TPSA) is 20.3 Å². The average Bonchev–Trinajstić information content (AvgIpc) is 2.41. The zero-order chi connectivity index (χ0) is 14.7. The largest absolute Gasteiger partial charge is 0.369 e. The van der Waals surface area contributed by atoms with Gasteiger partial charge in [0.05, 0.1) is 5.69 Å². The molecule has 0 saturated carbocycles. The van der Waals surface area contributed by atoms with Crippen LogP contribution in [-0.4, -0.2) is 12.8 Å². The van der Waals surface area contributed by atoms with Gasteiger partial charge in [-0.15, -0.1) is 0 Å². The number of hydrogen-bond acceptors (Lipinski definition) is 2. The van der Waals surface area contributed by atoms with Crippen LogP contribution in [0.3, 0.4) is 0 Å². The fourth-order valence-electron chi connectivity index (χ4n) is 1.98. The van der Waals surface area contributed by atoms with Gasteiger partial charge in [-0.2, -0.15) is 0 Å². The molecule has 0 aliphatic heterocycles. The third-order valence-electron chi connectivity index (χ3n) is 3.10. The van der Waals surface area contributed by atoms with Crippen LogP contribution in [0.25, 0.3) is 0 Å². The van der Waals surface area contributed by atoms with Gasteiger partial charge in [-0.25, -0.2) is 0 Å². The van der Waals surface area contributed by atoms with Crippen LogP contribution >= 0.6 is 31.9 Å². The highest BCUT2D eigenvalue weighted by Crippen LogP contribution is 2.28. The molecule has 0 heterocycles. The van der Waals surface area contributed by atoms with Gasteiger partial charge >= 0.3 is 0 Å². The maximum absolute atomic E-state index is 11.4. The number of hydrogen-bond donors (Lipinski definition) is 0. The minimum atomic E-state index is 0.0767. The van der Waals surface area contributed by atoms with Crippen molar-refractivity contribution in [2.75, 3.05) is 11.9 Å². The molecule has 0 bridgehead atoms. The van der Waals surface area contributed by atoms with Gasteiger partial charge in [-0.1, -0.05) is 28.1 Å². The van der Waals surface area contributed by atoms with E-state index in [2.05, 4.69) is 48.9 Å². The van der Waals surface area contributed by atoms with Crippen molar-refractivity contribution in [2.45, 2.75) is 13.5 Å². The van der Waals surface area contributed by atoms with Crippen molar-refractivity contribution in [3.05, 3.63) is 62.5 Å². The van der Waals surface area contributed by atoms with Gasteiger partial charge in [0.2, 0.25) is 0 Å². The summed E-state index contributed by atoms with van der Waals surface area (Å²) in [6.07, 6.45) is 0. The molecule has 4 heteroatoms. The molecule has 2 aromatic rings. The molecule has 0 spiro atoms. The van der Waals surface area contributed by atoms with Gasteiger partial charge < -0.3 is 4.90 Å². The SMILES string of the molecule is CC(=O)c1ccc(N(C)Cc2ccc(Br)cc2)c(Br)c1. The first-order chi connectivity index (χ1) is 9.47. The van der Waals surface area contributed by atoms with Crippen molar-refractivity contribution in [2.24, 2.45) is 0 Å². The molecule has 2 rings (SSSR count). The zero-order valence-corrected chi connectivity index (χ0v) is 14.5. The van der Waals surface area contributed by atoms with Crippen molar-refractivity contribution in [1.82, 2.24) is 0 Å². The molecule has 2 nitrogen and oxygen atoms in total. The second-order valence-corrected chi connectivity index (χ2v) is 6.47. The van der Waals surface area contributed by atoms with Gasteiger partial charge in [0.15, 0.2) is 5.78 Å². The Morgan fingerprint density at radius 3 is 2.30 bits per heavy atom. The molecule has 0 aliphatic rings. The van der Waals surface area contributed by atoms with E-state index in [1.165, 1.54) is 5.56 Å². The average molecular weight is 397 g/mol. The molecular weight excluding hydrogens is 382 g/mol. The Morgan fingerprint density at radius 2 is 1.75 bits per heavy atom. The second-order valence-electron chi connectivity index (χ2n) is 4.70. The Hall–Kier alpha value is -1.13. The third-order valence-corrected chi connectivity index (χ3v) is 4.26. The lowest BCUT2D eigenvalue weighted by Gasteiger charge is -2.21. The predicted octanol–water partition coefficient (Wildman–Crippen LogP) is 5.05. The highest BCUT2D eigenvalue weighted by molar-refractivity contribution is 9.10. The number of halogens is 2. The second kappa shape index (κ2) is 6.55. The normalized spacial score (nSPS) is 10.4. The fraction of sp³-hybridized carbons (Fsp3) is 0.188. The van der Waals surface area contributed by atoms with Gasteiger partial charge in [-0.05, 0) is 58.7 Å². The highest BCUT2D eigenvalue weighted by atomic mass is 79.9. The first-order valence-corrected chi connectivity index (χ1v) is 7.82. The number of carbonyl (C=O) groups excluding carboxylic acids is 1. The van der Waals surface area contributed by atoms with E-state index in [1.54, 1.807) is 6.92 Å². The summed E-state index contributed by atoms with van der Waals surface area (Å²) >= 11 is 6.98. The third kappa shape index (κ3) is 3.70. The Bertz CT molecular complexity index is 623. The van der Waals surface area contributed by atoms with Crippen molar-refractivity contribution in [1.29, 1.82) is 0 Å². The summed E-state index contributed by atoms with van der Waals surface area (Å²) in [6, 6.07) is 14.0. The van der Waals surface area contributed by atoms with Crippen LogP contribution in [0, 0.1) is 0 Å². The molecule has 0 atom stereocenters. The molecule has 0 aliphatic carbocycles. The first kappa shape index (κ1) is 15.3. The Labute approximate surface area is 136 Å². The zero-order valence-electron chi connectivity index (χ0n) is 11.4. The molecule has 0 radical (unpaired) electrons. The maximum atomic E-state index is 11.4. The van der Waals surface area contributed by atoms with E-state index in [0.717, 1.165) is 26.7 Å². The standard InChI is InChI=1S/C16H15Br2NO/c1-11(20)13-5-8-16(15(18)9-13)19(2)10-12-3-6-14(17)7-4-12/h3-9H,10H2,1-2H3. The summed E-state index contributed by atoms with van der Waals surface area (Å²) in [4.78, 5) is 13.5. The first-order valence-electron chi connectivity index (χ1n) is 6.23. The van der Waals surface area contributed by atoms with E-state index in [9.17, 15) is 4.79 Å². The Balaban J connectivity index is 2.18. The lowest BCUT2D eigenvalue weighted by molar-refractivity contribution is 0.101. The number of benzene rings is 2. The van der Waals surface area contributed by atoms with Crippen LogP contribution in [0.1, 0.15) is 22.8 Å². The van der Waals surface area contributed by atoms with E-state index in [-0.39, 0.29) is 5.78 Å². The Morgan fingerprint density at radius 1 is 1.10 bits per heavy atom. The van der Waals surface area contributed by atoms with Gasteiger partial charge in [0.1, 0.15) is 0 Å². The minimum absolute atomic E-state index is 0.0767. The summed E-state index contributed by atoms with van der Waals surface area (Å²) in [7, 11) is 2.04. The van der Waals surface area contributed by atoms with Crippen molar-refractivity contribution < 1.29 is 4.79 Å². The van der Waals surface area contributed by atoms with E-state index in [0.29, 0.717) is 0 Å². The Kier molecular flexibility index (Phi) is 5.00. The van der Waals surface area contributed by atoms with Crippen molar-refractivity contribution in [3.8, 4) is 0 Å². The van der Waals surface area contributed by atoms with E-state index in [1.807, 2.05) is 37.4 Å². The van der Waals surface area contributed by atoms with E-state index < -0.39 is 0 Å². The predicted molar refractivity (Wildman–Crippen MR) is 90.4 cm³/mol. The number of nitrogens with zero attached hydrogens (tertiary/aromatic N) is 1. The molecule has 0 N–H and O–H groups in total. The highest BCUT2D eigenvalue weighted by Gasteiger charge is 2.09. The van der Waals surface area contributed by atoms with Crippen molar-refractivity contribution in [3.63, 3.8) is 0 Å². The molecule has 2 aromatic carbocycles. The number of ketones is 1. The summed E-state index contributed by atoms with van der Waals surface area (Å²) in [6.45, 7) is 2.39. The summed E-state index contributed by atoms with van der Waals surface area (Å²) in [5.41, 5.74) is 3.02. The van der Waals surface area contributed by atoms with Crippen LogP contribution in [0.15, 0.2) is 51.4 Å². The smallest absolute Gasteiger partial charge is 0.159 e. The molecular formula is C16H15Br2NO. The molecule has 0 fully saturated rings. The molecule has 104 valence electrons. The van der Waals surface area contributed by atoms with Crippen LogP contribution in [0.4, 0.5) is 5.69 Å². The molecule has 20 heavy (non-hydrogen) atoms. The quantitative estimate of drug-likeness (QED) is 0.674. The summed E-state index contributed by atoms with van der Waals surface area (Å²) < 4.78 is 2.01. The van der Waals surface area contributed by atoms with Gasteiger partial charge in [0, 0.05) is 28.1 Å². The van der Waals surface area contributed by atoms with E-state index >= 15 is 0 Å². The monoisotopic (exact) mass is 395 g/mol. The molecule has 0 saturated heterocycles. The van der Waals surface area contributed by atoms with Crippen LogP contribution in [0.5, 0.6) is 0 Å². The number of carbonyl (C=O) groups is 1. The van der Waals surface area contributed by atoms with Crippen LogP contribution in [0.2, 0.25) is 0 Å². The number of rotatable bonds is 4. The van der Waals surface area contributed by atoms with E-state index in [4.69, 9.17) is 0 Å². The molecule has 0 amide bonds. The van der Waals surface area contributed by atoms with Gasteiger partial charge in [-0.3, -0.25) is 4.79 Å². The summed E-state index contributed by atoms with van der Waals surface area (Å²) in [5, 5.41) is 0. The van der Waals surface area contributed by atoms with Gasteiger partial charge in [0.25, 0.3) is 0 Å². The number of Topliss-reactive ketones (excluding diaryl/α,β-unsaturated/α-hetero) is 1. The maximum Gasteiger partial charge on any atom is 0.159 e. The van der Waals surface area contributed by atoms with Crippen LogP contribution in [-0.2, 0) is 6.54 Å². The fourth-order valence-corrected chi connectivity index (χ4v) is 2.93. The van der Waals surface area contributed by atoms with Crippen molar-refractivity contribution >= 4 is 43.3 Å². The van der Waals surface area contributed by atoms with Crippen LogP contribution < -0.4 is 4.90 Å². The molecule has 0 aromatic heterocycles. The minimum Gasteiger partial charge on any atom is -0.369 e. The molecule has 0 unspecified atom stereocenters.